The first-order valence-corrected chi connectivity index (χ1v) is 6.34. The first-order valence-electron chi connectivity index (χ1n) is 6.34. The van der Waals surface area contributed by atoms with E-state index in [1.807, 2.05) is 0 Å². The van der Waals surface area contributed by atoms with Gasteiger partial charge in [-0.2, -0.15) is 5.26 Å². The number of nitro groups is 1. The SMILES string of the molecule is N#CC1(c2ccc([N+](=O)[O-])cc2)CCCCCC1. The van der Waals surface area contributed by atoms with E-state index in [9.17, 15) is 15.4 Å². The van der Waals surface area contributed by atoms with Crippen LogP contribution < -0.4 is 0 Å². The molecule has 1 fully saturated rings. The molecule has 0 aliphatic heterocycles. The van der Waals surface area contributed by atoms with Gasteiger partial charge in [-0.25, -0.2) is 0 Å². The van der Waals surface area contributed by atoms with E-state index in [1.54, 1.807) is 12.1 Å². The second-order valence-electron chi connectivity index (χ2n) is 4.91. The van der Waals surface area contributed by atoms with Crippen molar-refractivity contribution >= 4 is 5.69 Å². The molecular weight excluding hydrogens is 228 g/mol. The van der Waals surface area contributed by atoms with Crippen LogP contribution >= 0.6 is 0 Å². The number of hydrogen-bond donors (Lipinski definition) is 0. The lowest BCUT2D eigenvalue weighted by Gasteiger charge is -2.25. The van der Waals surface area contributed by atoms with Crippen LogP contribution in [-0.4, -0.2) is 4.92 Å². The molecule has 0 bridgehead atoms. The smallest absolute Gasteiger partial charge is 0.258 e. The maximum Gasteiger partial charge on any atom is 0.269 e. The Bertz CT molecular complexity index is 466. The van der Waals surface area contributed by atoms with Crippen LogP contribution in [0.2, 0.25) is 0 Å². The van der Waals surface area contributed by atoms with Crippen molar-refractivity contribution in [1.82, 2.24) is 0 Å². The van der Waals surface area contributed by atoms with Gasteiger partial charge in [-0.1, -0.05) is 37.8 Å². The second kappa shape index (κ2) is 5.18. The molecular formula is C14H16N2O2. The average molecular weight is 244 g/mol. The van der Waals surface area contributed by atoms with Crippen LogP contribution in [0.5, 0.6) is 0 Å². The number of rotatable bonds is 2. The average Bonchev–Trinajstić information content (AvgIpc) is 2.65. The molecule has 0 aromatic heterocycles. The van der Waals surface area contributed by atoms with Crippen molar-refractivity contribution in [2.24, 2.45) is 0 Å². The van der Waals surface area contributed by atoms with Crippen molar-refractivity contribution in [3.8, 4) is 6.07 Å². The number of non-ortho nitro benzene ring substituents is 1. The summed E-state index contributed by atoms with van der Waals surface area (Å²) in [5, 5.41) is 20.1. The summed E-state index contributed by atoms with van der Waals surface area (Å²) >= 11 is 0. The fourth-order valence-electron chi connectivity index (χ4n) is 2.70. The third-order valence-corrected chi connectivity index (χ3v) is 3.80. The fourth-order valence-corrected chi connectivity index (χ4v) is 2.70. The Hall–Kier alpha value is -1.89. The van der Waals surface area contributed by atoms with Gasteiger partial charge in [0, 0.05) is 12.1 Å². The van der Waals surface area contributed by atoms with Gasteiger partial charge in [-0.3, -0.25) is 10.1 Å². The highest BCUT2D eigenvalue weighted by molar-refractivity contribution is 5.39. The lowest BCUT2D eigenvalue weighted by atomic mass is 9.75. The molecule has 1 aliphatic rings. The van der Waals surface area contributed by atoms with Crippen molar-refractivity contribution in [1.29, 1.82) is 5.26 Å². The number of nitriles is 1. The molecule has 0 N–H and O–H groups in total. The zero-order chi connectivity index (χ0) is 13.0. The molecule has 4 heteroatoms. The van der Waals surface area contributed by atoms with Crippen LogP contribution in [0.25, 0.3) is 0 Å². The van der Waals surface area contributed by atoms with E-state index in [4.69, 9.17) is 0 Å². The summed E-state index contributed by atoms with van der Waals surface area (Å²) in [7, 11) is 0. The van der Waals surface area contributed by atoms with E-state index < -0.39 is 10.3 Å². The monoisotopic (exact) mass is 244 g/mol. The molecule has 0 saturated heterocycles. The Morgan fingerprint density at radius 1 is 1.11 bits per heavy atom. The Balaban J connectivity index is 2.32. The van der Waals surface area contributed by atoms with Crippen molar-refractivity contribution in [2.75, 3.05) is 0 Å². The summed E-state index contributed by atoms with van der Waals surface area (Å²) in [6.07, 6.45) is 6.20. The molecule has 94 valence electrons. The van der Waals surface area contributed by atoms with E-state index in [-0.39, 0.29) is 5.69 Å². The normalized spacial score (nSPS) is 18.6. The Labute approximate surface area is 106 Å². The second-order valence-corrected chi connectivity index (χ2v) is 4.91. The topological polar surface area (TPSA) is 66.9 Å². The Kier molecular flexibility index (Phi) is 3.61. The van der Waals surface area contributed by atoms with Gasteiger partial charge in [0.15, 0.2) is 0 Å². The van der Waals surface area contributed by atoms with Gasteiger partial charge in [-0.05, 0) is 18.4 Å². The molecule has 18 heavy (non-hydrogen) atoms. The molecule has 2 rings (SSSR count). The molecule has 0 heterocycles. The first-order chi connectivity index (χ1) is 8.68. The highest BCUT2D eigenvalue weighted by Crippen LogP contribution is 2.38. The highest BCUT2D eigenvalue weighted by Gasteiger charge is 2.33. The van der Waals surface area contributed by atoms with Gasteiger partial charge in [0.25, 0.3) is 5.69 Å². The van der Waals surface area contributed by atoms with Crippen molar-refractivity contribution in [3.63, 3.8) is 0 Å². The lowest BCUT2D eigenvalue weighted by Crippen LogP contribution is -2.23. The summed E-state index contributed by atoms with van der Waals surface area (Å²) < 4.78 is 0. The van der Waals surface area contributed by atoms with Gasteiger partial charge in [0.2, 0.25) is 0 Å². The van der Waals surface area contributed by atoms with E-state index in [0.717, 1.165) is 31.2 Å². The zero-order valence-electron chi connectivity index (χ0n) is 10.3. The maximum atomic E-state index is 10.6. The van der Waals surface area contributed by atoms with Crippen molar-refractivity contribution < 1.29 is 4.92 Å². The molecule has 1 saturated carbocycles. The summed E-state index contributed by atoms with van der Waals surface area (Å²) in [6.45, 7) is 0. The van der Waals surface area contributed by atoms with E-state index in [0.29, 0.717) is 0 Å². The van der Waals surface area contributed by atoms with E-state index in [1.165, 1.54) is 25.0 Å². The van der Waals surface area contributed by atoms with Crippen molar-refractivity contribution in [2.45, 2.75) is 43.9 Å². The number of hydrogen-bond acceptors (Lipinski definition) is 3. The largest absolute Gasteiger partial charge is 0.269 e. The van der Waals surface area contributed by atoms with Gasteiger partial charge in [-0.15, -0.1) is 0 Å². The standard InChI is InChI=1S/C14H16N2O2/c15-11-14(9-3-1-2-4-10-14)12-5-7-13(8-6-12)16(17)18/h5-8H,1-4,9-10H2. The van der Waals surface area contributed by atoms with Crippen LogP contribution in [0.3, 0.4) is 0 Å². The molecule has 1 aliphatic carbocycles. The van der Waals surface area contributed by atoms with Gasteiger partial charge < -0.3 is 0 Å². The molecule has 0 unspecified atom stereocenters. The third kappa shape index (κ3) is 2.35. The van der Waals surface area contributed by atoms with Crippen LogP contribution in [0.15, 0.2) is 24.3 Å². The van der Waals surface area contributed by atoms with Gasteiger partial charge >= 0.3 is 0 Å². The van der Waals surface area contributed by atoms with Gasteiger partial charge in [0.05, 0.1) is 16.4 Å². The first kappa shape index (κ1) is 12.6. The minimum absolute atomic E-state index is 0.0838. The Morgan fingerprint density at radius 2 is 1.67 bits per heavy atom. The summed E-state index contributed by atoms with van der Waals surface area (Å²) in [4.78, 5) is 10.2. The van der Waals surface area contributed by atoms with E-state index in [2.05, 4.69) is 6.07 Å². The maximum absolute atomic E-state index is 10.6. The summed E-state index contributed by atoms with van der Waals surface area (Å²) in [5.41, 5.74) is 0.573. The minimum Gasteiger partial charge on any atom is -0.258 e. The molecule has 1 aromatic carbocycles. The zero-order valence-corrected chi connectivity index (χ0v) is 10.3. The third-order valence-electron chi connectivity index (χ3n) is 3.80. The molecule has 0 spiro atoms. The molecule has 0 atom stereocenters. The summed E-state index contributed by atoms with van der Waals surface area (Å²) in [5.74, 6) is 0. The number of nitrogens with zero attached hydrogens (tertiary/aromatic N) is 2. The van der Waals surface area contributed by atoms with Gasteiger partial charge in [0.1, 0.15) is 0 Å². The van der Waals surface area contributed by atoms with Crippen LogP contribution in [0, 0.1) is 21.4 Å². The Morgan fingerprint density at radius 3 is 2.11 bits per heavy atom. The summed E-state index contributed by atoms with van der Waals surface area (Å²) in [6, 6.07) is 8.94. The predicted molar refractivity (Wildman–Crippen MR) is 68.1 cm³/mol. The lowest BCUT2D eigenvalue weighted by molar-refractivity contribution is -0.384. The van der Waals surface area contributed by atoms with Crippen LogP contribution in [0.1, 0.15) is 44.1 Å². The number of benzene rings is 1. The van der Waals surface area contributed by atoms with E-state index >= 15 is 0 Å². The highest BCUT2D eigenvalue weighted by atomic mass is 16.6. The minimum atomic E-state index is -0.439. The molecule has 0 radical (unpaired) electrons. The fraction of sp³-hybridized carbons (Fsp3) is 0.500. The molecule has 4 nitrogen and oxygen atoms in total. The predicted octanol–water partition coefficient (Wildman–Crippen LogP) is 3.71. The molecule has 1 aromatic rings. The number of nitro benzene ring substituents is 1. The van der Waals surface area contributed by atoms with Crippen LogP contribution in [0.4, 0.5) is 5.69 Å². The quantitative estimate of drug-likeness (QED) is 0.452. The van der Waals surface area contributed by atoms with Crippen LogP contribution in [-0.2, 0) is 5.41 Å². The molecule has 0 amide bonds. The van der Waals surface area contributed by atoms with Crippen molar-refractivity contribution in [3.05, 3.63) is 39.9 Å².